The minimum absolute atomic E-state index is 0. The standard InChI is InChI=1S/C20H30N6O.HI/c1-5-21-20(23-14-19(27)25(3)4)22-13-9-10-17-15-26(24-16(17)2)18-11-7-6-8-12-18;/h6-8,11-12,15H,5,9-10,13-14H2,1-4H3,(H2,21,22,23);1H. The van der Waals surface area contributed by atoms with E-state index in [-0.39, 0.29) is 36.4 Å². The number of aliphatic imine (C=N–C) groups is 1. The van der Waals surface area contributed by atoms with Crippen LogP contribution in [0.3, 0.4) is 0 Å². The summed E-state index contributed by atoms with van der Waals surface area (Å²) in [6.45, 7) is 5.72. The summed E-state index contributed by atoms with van der Waals surface area (Å²) in [5.74, 6) is 0.653. The highest BCUT2D eigenvalue weighted by molar-refractivity contribution is 14.0. The zero-order chi connectivity index (χ0) is 19.6. The zero-order valence-corrected chi connectivity index (χ0v) is 19.4. The van der Waals surface area contributed by atoms with Crippen molar-refractivity contribution in [1.29, 1.82) is 0 Å². The molecule has 2 aromatic rings. The molecule has 0 radical (unpaired) electrons. The molecule has 28 heavy (non-hydrogen) atoms. The number of halogens is 1. The molecule has 0 atom stereocenters. The van der Waals surface area contributed by atoms with Crippen molar-refractivity contribution in [3.05, 3.63) is 47.8 Å². The van der Waals surface area contributed by atoms with Gasteiger partial charge in [0.05, 0.1) is 11.4 Å². The Morgan fingerprint density at radius 1 is 1.21 bits per heavy atom. The molecule has 0 bridgehead atoms. The Balaban J connectivity index is 0.00000392. The van der Waals surface area contributed by atoms with E-state index in [2.05, 4.69) is 26.9 Å². The number of nitrogens with one attached hydrogen (secondary N) is 2. The Morgan fingerprint density at radius 3 is 2.57 bits per heavy atom. The largest absolute Gasteiger partial charge is 0.357 e. The lowest BCUT2D eigenvalue weighted by molar-refractivity contribution is -0.127. The SMILES string of the molecule is CCNC(=NCC(=O)N(C)C)NCCCc1cn(-c2ccccc2)nc1C.I. The van der Waals surface area contributed by atoms with E-state index in [4.69, 9.17) is 0 Å². The van der Waals surface area contributed by atoms with Crippen molar-refractivity contribution >= 4 is 35.8 Å². The molecule has 1 aromatic carbocycles. The van der Waals surface area contributed by atoms with Crippen LogP contribution in [0.2, 0.25) is 0 Å². The average molecular weight is 498 g/mol. The van der Waals surface area contributed by atoms with Crippen molar-refractivity contribution in [3.8, 4) is 5.69 Å². The molecular formula is C20H31IN6O. The van der Waals surface area contributed by atoms with Crippen molar-refractivity contribution in [2.45, 2.75) is 26.7 Å². The second-order valence-electron chi connectivity index (χ2n) is 6.53. The van der Waals surface area contributed by atoms with Crippen LogP contribution in [0, 0.1) is 6.92 Å². The fourth-order valence-electron chi connectivity index (χ4n) is 2.57. The fraction of sp³-hybridized carbons (Fsp3) is 0.450. The molecule has 0 aliphatic carbocycles. The van der Waals surface area contributed by atoms with Gasteiger partial charge in [0, 0.05) is 33.4 Å². The van der Waals surface area contributed by atoms with Crippen LogP contribution in [-0.4, -0.2) is 60.3 Å². The van der Waals surface area contributed by atoms with E-state index in [1.165, 1.54) is 5.56 Å². The molecule has 1 amide bonds. The van der Waals surface area contributed by atoms with Gasteiger partial charge in [0.15, 0.2) is 5.96 Å². The average Bonchev–Trinajstić information content (AvgIpc) is 3.04. The van der Waals surface area contributed by atoms with Crippen LogP contribution in [-0.2, 0) is 11.2 Å². The van der Waals surface area contributed by atoms with Gasteiger partial charge in [-0.3, -0.25) is 4.79 Å². The number of amides is 1. The molecule has 154 valence electrons. The van der Waals surface area contributed by atoms with E-state index in [0.29, 0.717) is 5.96 Å². The summed E-state index contributed by atoms with van der Waals surface area (Å²) in [5.41, 5.74) is 3.36. The van der Waals surface area contributed by atoms with Crippen LogP contribution in [0.15, 0.2) is 41.5 Å². The van der Waals surface area contributed by atoms with E-state index in [9.17, 15) is 4.79 Å². The lowest BCUT2D eigenvalue weighted by atomic mass is 10.1. The number of aryl methyl sites for hydroxylation is 2. The Bertz CT molecular complexity index is 757. The van der Waals surface area contributed by atoms with E-state index in [1.807, 2.05) is 48.9 Å². The number of rotatable bonds is 8. The van der Waals surface area contributed by atoms with Gasteiger partial charge in [0.1, 0.15) is 6.54 Å². The number of hydrogen-bond acceptors (Lipinski definition) is 3. The first-order valence-electron chi connectivity index (χ1n) is 9.34. The van der Waals surface area contributed by atoms with Gasteiger partial charge in [-0.1, -0.05) is 18.2 Å². The predicted octanol–water partition coefficient (Wildman–Crippen LogP) is 2.37. The number of guanidine groups is 1. The molecule has 7 nitrogen and oxygen atoms in total. The highest BCUT2D eigenvalue weighted by Crippen LogP contribution is 2.13. The molecule has 2 rings (SSSR count). The Hall–Kier alpha value is -2.10. The van der Waals surface area contributed by atoms with E-state index >= 15 is 0 Å². The number of carbonyl (C=O) groups excluding carboxylic acids is 1. The molecule has 0 fully saturated rings. The number of aromatic nitrogens is 2. The Morgan fingerprint density at radius 2 is 1.93 bits per heavy atom. The van der Waals surface area contributed by atoms with Gasteiger partial charge in [-0.15, -0.1) is 24.0 Å². The molecule has 0 saturated carbocycles. The summed E-state index contributed by atoms with van der Waals surface area (Å²) in [5, 5.41) is 11.1. The van der Waals surface area contributed by atoms with Crippen molar-refractivity contribution in [2.75, 3.05) is 33.7 Å². The second kappa shape index (κ2) is 12.4. The summed E-state index contributed by atoms with van der Waals surface area (Å²) >= 11 is 0. The first kappa shape index (κ1) is 23.9. The number of likely N-dealkylation sites (N-methyl/N-ethyl adjacent to an activating group) is 1. The molecule has 1 aromatic heterocycles. The third kappa shape index (κ3) is 7.49. The van der Waals surface area contributed by atoms with E-state index in [1.54, 1.807) is 19.0 Å². The van der Waals surface area contributed by atoms with Crippen LogP contribution >= 0.6 is 24.0 Å². The van der Waals surface area contributed by atoms with Gasteiger partial charge in [0.2, 0.25) is 5.91 Å². The maximum Gasteiger partial charge on any atom is 0.243 e. The number of nitrogens with zero attached hydrogens (tertiary/aromatic N) is 4. The predicted molar refractivity (Wildman–Crippen MR) is 125 cm³/mol. The highest BCUT2D eigenvalue weighted by atomic mass is 127. The third-order valence-corrected chi connectivity index (χ3v) is 4.15. The number of benzene rings is 1. The second-order valence-corrected chi connectivity index (χ2v) is 6.53. The first-order valence-corrected chi connectivity index (χ1v) is 9.34. The zero-order valence-electron chi connectivity index (χ0n) is 17.1. The fourth-order valence-corrected chi connectivity index (χ4v) is 2.57. The van der Waals surface area contributed by atoms with Gasteiger partial charge in [-0.05, 0) is 44.4 Å². The first-order chi connectivity index (χ1) is 13.0. The summed E-state index contributed by atoms with van der Waals surface area (Å²) in [6.07, 6.45) is 3.98. The number of para-hydroxylation sites is 1. The smallest absolute Gasteiger partial charge is 0.243 e. The number of carbonyl (C=O) groups is 1. The minimum atomic E-state index is -0.0175. The molecule has 0 saturated heterocycles. The van der Waals surface area contributed by atoms with Gasteiger partial charge in [-0.25, -0.2) is 9.67 Å². The molecule has 0 aliphatic heterocycles. The Kier molecular flexibility index (Phi) is 10.6. The normalized spacial score (nSPS) is 10.9. The maximum absolute atomic E-state index is 11.7. The molecule has 1 heterocycles. The topological polar surface area (TPSA) is 74.6 Å². The summed E-state index contributed by atoms with van der Waals surface area (Å²) in [6, 6.07) is 10.1. The quantitative estimate of drug-likeness (QED) is 0.254. The van der Waals surface area contributed by atoms with Crippen LogP contribution in [0.4, 0.5) is 0 Å². The molecule has 2 N–H and O–H groups in total. The minimum Gasteiger partial charge on any atom is -0.357 e. The molecular weight excluding hydrogens is 467 g/mol. The van der Waals surface area contributed by atoms with Gasteiger partial charge >= 0.3 is 0 Å². The van der Waals surface area contributed by atoms with Gasteiger partial charge in [-0.2, -0.15) is 5.10 Å². The molecule has 0 spiro atoms. The molecule has 8 heteroatoms. The Labute approximate surface area is 184 Å². The van der Waals surface area contributed by atoms with Crippen LogP contribution in [0.1, 0.15) is 24.6 Å². The van der Waals surface area contributed by atoms with Crippen molar-refractivity contribution in [2.24, 2.45) is 4.99 Å². The summed E-state index contributed by atoms with van der Waals surface area (Å²) < 4.78 is 1.93. The molecule has 0 unspecified atom stereocenters. The van der Waals surface area contributed by atoms with Crippen LogP contribution < -0.4 is 10.6 Å². The molecule has 0 aliphatic rings. The van der Waals surface area contributed by atoms with Crippen LogP contribution in [0.25, 0.3) is 5.69 Å². The van der Waals surface area contributed by atoms with Gasteiger partial charge < -0.3 is 15.5 Å². The van der Waals surface area contributed by atoms with Crippen LogP contribution in [0.5, 0.6) is 0 Å². The summed E-state index contributed by atoms with van der Waals surface area (Å²) in [7, 11) is 3.46. The third-order valence-electron chi connectivity index (χ3n) is 4.15. The maximum atomic E-state index is 11.7. The lowest BCUT2D eigenvalue weighted by Crippen LogP contribution is -2.39. The van der Waals surface area contributed by atoms with Crippen molar-refractivity contribution < 1.29 is 4.79 Å². The van der Waals surface area contributed by atoms with Crippen molar-refractivity contribution in [3.63, 3.8) is 0 Å². The lowest BCUT2D eigenvalue weighted by Gasteiger charge is -2.12. The van der Waals surface area contributed by atoms with Gasteiger partial charge in [0.25, 0.3) is 0 Å². The number of hydrogen-bond donors (Lipinski definition) is 2. The van der Waals surface area contributed by atoms with E-state index < -0.39 is 0 Å². The van der Waals surface area contributed by atoms with Crippen molar-refractivity contribution in [1.82, 2.24) is 25.3 Å². The van der Waals surface area contributed by atoms with E-state index in [0.717, 1.165) is 37.3 Å². The monoisotopic (exact) mass is 498 g/mol. The summed E-state index contributed by atoms with van der Waals surface area (Å²) in [4.78, 5) is 17.5. The highest BCUT2D eigenvalue weighted by Gasteiger charge is 2.07.